The Kier molecular flexibility index (Phi) is 4.95. The maximum Gasteiger partial charge on any atom is 0.416 e. The summed E-state index contributed by atoms with van der Waals surface area (Å²) in [6.07, 6.45) is -0.262. The monoisotopic (exact) mass is 376 g/mol. The zero-order valence-electron chi connectivity index (χ0n) is 13.2. The van der Waals surface area contributed by atoms with Crippen molar-refractivity contribution >= 4 is 40.2 Å². The Morgan fingerprint density at radius 1 is 1.12 bits per heavy atom. The van der Waals surface area contributed by atoms with Crippen LogP contribution in [0.25, 0.3) is 17.0 Å². The molecule has 0 bridgehead atoms. The number of benzene rings is 2. The molecule has 0 atom stereocenters. The number of carbonyl (C=O) groups excluding carboxylic acids is 1. The van der Waals surface area contributed by atoms with Crippen LogP contribution in [0.2, 0.25) is 5.02 Å². The molecule has 1 aromatic heterocycles. The number of hydrogen-bond donors (Lipinski definition) is 1. The fourth-order valence-corrected chi connectivity index (χ4v) is 2.58. The first-order valence-electron chi connectivity index (χ1n) is 7.54. The summed E-state index contributed by atoms with van der Waals surface area (Å²) >= 11 is 6.01. The highest BCUT2D eigenvalue weighted by molar-refractivity contribution is 6.32. The van der Waals surface area contributed by atoms with E-state index in [1.54, 1.807) is 24.3 Å². The van der Waals surface area contributed by atoms with E-state index in [-0.39, 0.29) is 11.1 Å². The van der Waals surface area contributed by atoms with Crippen LogP contribution >= 0.6 is 11.6 Å². The second-order valence-corrected chi connectivity index (χ2v) is 5.84. The van der Waals surface area contributed by atoms with Crippen molar-refractivity contribution in [1.29, 1.82) is 0 Å². The lowest BCUT2D eigenvalue weighted by atomic mass is 10.1. The van der Waals surface area contributed by atoms with E-state index in [9.17, 15) is 18.0 Å². The highest BCUT2D eigenvalue weighted by Crippen LogP contribution is 2.33. The van der Waals surface area contributed by atoms with Gasteiger partial charge in [-0.1, -0.05) is 29.8 Å². The number of amides is 1. The number of anilines is 1. The number of nitrogens with one attached hydrogen (secondary N) is 1. The first kappa shape index (κ1) is 17.9. The molecule has 0 saturated heterocycles. The zero-order chi connectivity index (χ0) is 18.7. The highest BCUT2D eigenvalue weighted by atomic mass is 35.5. The average Bonchev–Trinajstić information content (AvgIpc) is 2.60. The number of nitrogens with zero attached hydrogens (tertiary/aromatic N) is 1. The molecular formula is C19H12ClF3N2O. The SMILES string of the molecule is O=C(/C=C/c1ccccc1Cl)Nc1ccnc2ccc(C(F)(F)F)cc12. The van der Waals surface area contributed by atoms with Crippen LogP contribution in [0, 0.1) is 0 Å². The molecule has 3 nitrogen and oxygen atoms in total. The lowest BCUT2D eigenvalue weighted by Gasteiger charge is -2.10. The van der Waals surface area contributed by atoms with Crippen LogP contribution in [0.1, 0.15) is 11.1 Å². The molecule has 1 amide bonds. The summed E-state index contributed by atoms with van der Waals surface area (Å²) in [5.41, 5.74) is 0.448. The molecule has 2 aromatic carbocycles. The normalized spacial score (nSPS) is 11.8. The molecule has 1 heterocycles. The van der Waals surface area contributed by atoms with Gasteiger partial charge in [0, 0.05) is 22.7 Å². The van der Waals surface area contributed by atoms with E-state index in [1.165, 1.54) is 30.5 Å². The van der Waals surface area contributed by atoms with E-state index in [4.69, 9.17) is 11.6 Å². The van der Waals surface area contributed by atoms with Gasteiger partial charge >= 0.3 is 6.18 Å². The summed E-state index contributed by atoms with van der Waals surface area (Å²) in [5.74, 6) is -0.491. The van der Waals surface area contributed by atoms with Gasteiger partial charge in [0.05, 0.1) is 16.8 Å². The number of carbonyl (C=O) groups is 1. The smallest absolute Gasteiger partial charge is 0.322 e. The third-order valence-corrected chi connectivity index (χ3v) is 3.99. The van der Waals surface area contributed by atoms with E-state index >= 15 is 0 Å². The Bertz CT molecular complexity index is 999. The number of rotatable bonds is 3. The molecular weight excluding hydrogens is 365 g/mol. The fraction of sp³-hybridized carbons (Fsp3) is 0.0526. The minimum atomic E-state index is -4.48. The van der Waals surface area contributed by atoms with Crippen molar-refractivity contribution in [2.24, 2.45) is 0 Å². The van der Waals surface area contributed by atoms with Gasteiger partial charge in [-0.15, -0.1) is 0 Å². The maximum absolute atomic E-state index is 12.9. The minimum Gasteiger partial charge on any atom is -0.322 e. The first-order chi connectivity index (χ1) is 12.3. The van der Waals surface area contributed by atoms with Crippen molar-refractivity contribution in [1.82, 2.24) is 4.98 Å². The van der Waals surface area contributed by atoms with Crippen LogP contribution in [0.5, 0.6) is 0 Å². The fourth-order valence-electron chi connectivity index (χ4n) is 2.38. The lowest BCUT2D eigenvalue weighted by Crippen LogP contribution is -2.09. The van der Waals surface area contributed by atoms with Gasteiger partial charge in [0.2, 0.25) is 5.91 Å². The van der Waals surface area contributed by atoms with Crippen LogP contribution in [0.4, 0.5) is 18.9 Å². The minimum absolute atomic E-state index is 0.210. The van der Waals surface area contributed by atoms with Crippen LogP contribution < -0.4 is 5.32 Å². The Morgan fingerprint density at radius 3 is 2.62 bits per heavy atom. The zero-order valence-corrected chi connectivity index (χ0v) is 14.0. The second-order valence-electron chi connectivity index (χ2n) is 5.43. The Hall–Kier alpha value is -2.86. The van der Waals surface area contributed by atoms with Crippen LogP contribution in [0.3, 0.4) is 0 Å². The number of pyridine rings is 1. The molecule has 0 aliphatic rings. The topological polar surface area (TPSA) is 42.0 Å². The van der Waals surface area contributed by atoms with Gasteiger partial charge in [0.15, 0.2) is 0 Å². The highest BCUT2D eigenvalue weighted by Gasteiger charge is 2.30. The number of hydrogen-bond acceptors (Lipinski definition) is 2. The van der Waals surface area contributed by atoms with Crippen LogP contribution in [0.15, 0.2) is 60.8 Å². The van der Waals surface area contributed by atoms with Crippen molar-refractivity contribution < 1.29 is 18.0 Å². The largest absolute Gasteiger partial charge is 0.416 e. The van der Waals surface area contributed by atoms with E-state index in [0.717, 1.165) is 12.1 Å². The van der Waals surface area contributed by atoms with Crippen LogP contribution in [-0.2, 0) is 11.0 Å². The van der Waals surface area contributed by atoms with Gasteiger partial charge in [-0.25, -0.2) is 0 Å². The molecule has 0 radical (unpaired) electrons. The molecule has 1 N–H and O–H groups in total. The Morgan fingerprint density at radius 2 is 1.88 bits per heavy atom. The maximum atomic E-state index is 12.9. The molecule has 26 heavy (non-hydrogen) atoms. The number of aromatic nitrogens is 1. The Balaban J connectivity index is 1.88. The second kappa shape index (κ2) is 7.17. The number of alkyl halides is 3. The number of halogens is 4. The van der Waals surface area contributed by atoms with Crippen molar-refractivity contribution in [3.63, 3.8) is 0 Å². The molecule has 3 aromatic rings. The molecule has 0 spiro atoms. The summed E-state index contributed by atoms with van der Waals surface area (Å²) < 4.78 is 38.8. The van der Waals surface area contributed by atoms with E-state index in [0.29, 0.717) is 16.1 Å². The van der Waals surface area contributed by atoms with Crippen molar-refractivity contribution in [2.75, 3.05) is 5.32 Å². The van der Waals surface area contributed by atoms with Gasteiger partial charge in [-0.3, -0.25) is 9.78 Å². The molecule has 0 aliphatic heterocycles. The van der Waals surface area contributed by atoms with Gasteiger partial charge in [0.1, 0.15) is 0 Å². The number of fused-ring (bicyclic) bond motifs is 1. The third-order valence-electron chi connectivity index (χ3n) is 3.65. The summed E-state index contributed by atoms with van der Waals surface area (Å²) in [6.45, 7) is 0. The van der Waals surface area contributed by atoms with Crippen LogP contribution in [-0.4, -0.2) is 10.9 Å². The summed E-state index contributed by atoms with van der Waals surface area (Å²) in [6, 6.07) is 11.6. The van der Waals surface area contributed by atoms with Crippen molar-refractivity contribution in [3.8, 4) is 0 Å². The molecule has 0 fully saturated rings. The lowest BCUT2D eigenvalue weighted by molar-refractivity contribution is -0.137. The van der Waals surface area contributed by atoms with E-state index in [1.807, 2.05) is 0 Å². The summed E-state index contributed by atoms with van der Waals surface area (Å²) in [5, 5.41) is 3.27. The predicted octanol–water partition coefficient (Wildman–Crippen LogP) is 5.56. The summed E-state index contributed by atoms with van der Waals surface area (Å²) in [7, 11) is 0. The average molecular weight is 377 g/mol. The molecule has 0 saturated carbocycles. The third kappa shape index (κ3) is 4.03. The van der Waals surface area contributed by atoms with Crippen molar-refractivity contribution in [3.05, 3.63) is 77.0 Å². The van der Waals surface area contributed by atoms with Gasteiger partial charge in [-0.2, -0.15) is 13.2 Å². The molecule has 0 unspecified atom stereocenters. The van der Waals surface area contributed by atoms with E-state index in [2.05, 4.69) is 10.3 Å². The summed E-state index contributed by atoms with van der Waals surface area (Å²) in [4.78, 5) is 16.2. The molecule has 7 heteroatoms. The van der Waals surface area contributed by atoms with Gasteiger partial charge < -0.3 is 5.32 Å². The van der Waals surface area contributed by atoms with E-state index < -0.39 is 17.6 Å². The van der Waals surface area contributed by atoms with Gasteiger partial charge in [-0.05, 0) is 42.0 Å². The molecule has 0 aliphatic carbocycles. The molecule has 132 valence electrons. The quantitative estimate of drug-likeness (QED) is 0.608. The first-order valence-corrected chi connectivity index (χ1v) is 7.92. The predicted molar refractivity (Wildman–Crippen MR) is 95.9 cm³/mol. The molecule has 3 rings (SSSR count). The van der Waals surface area contributed by atoms with Crippen molar-refractivity contribution in [2.45, 2.75) is 6.18 Å². The van der Waals surface area contributed by atoms with Gasteiger partial charge in [0.25, 0.3) is 0 Å². The Labute approximate surface area is 152 Å². The standard InChI is InChI=1S/C19H12ClF3N2O/c20-15-4-2-1-3-12(15)5-8-18(26)25-17-9-10-24-16-7-6-13(11-14(16)17)19(21,22)23/h1-11H,(H,24,25,26)/b8-5+.